The van der Waals surface area contributed by atoms with Crippen LogP contribution in [0.1, 0.15) is 5.56 Å². The molecule has 33 heavy (non-hydrogen) atoms. The summed E-state index contributed by atoms with van der Waals surface area (Å²) in [6, 6.07) is 16.1. The Morgan fingerprint density at radius 1 is 1.00 bits per heavy atom. The van der Waals surface area contributed by atoms with Crippen LogP contribution in [0.25, 0.3) is 0 Å². The Kier molecular flexibility index (Phi) is 5.30. The van der Waals surface area contributed by atoms with Crippen molar-refractivity contribution >= 4 is 38.9 Å². The Labute approximate surface area is 195 Å². The minimum atomic E-state index is -3.98. The van der Waals surface area contributed by atoms with Crippen LogP contribution in [0.4, 0.5) is 11.4 Å². The van der Waals surface area contributed by atoms with E-state index < -0.39 is 22.0 Å². The molecule has 0 bridgehead atoms. The first-order valence-electron chi connectivity index (χ1n) is 10.1. The SMILES string of the molecule is Cc1ccc(S(=O)(=O)N2C[C@H](C(=O)Nc3ccc4c(c3)OCO4)Oc3ccc(Cl)cc32)cc1. The van der Waals surface area contributed by atoms with Crippen molar-refractivity contribution in [2.45, 2.75) is 17.9 Å². The molecule has 3 aromatic carbocycles. The van der Waals surface area contributed by atoms with Gasteiger partial charge in [-0.05, 0) is 49.4 Å². The van der Waals surface area contributed by atoms with E-state index in [0.29, 0.717) is 22.2 Å². The molecule has 0 saturated carbocycles. The number of benzene rings is 3. The number of anilines is 2. The van der Waals surface area contributed by atoms with Crippen LogP contribution in [-0.4, -0.2) is 33.8 Å². The minimum Gasteiger partial charge on any atom is -0.476 e. The quantitative estimate of drug-likeness (QED) is 0.599. The molecule has 170 valence electrons. The number of nitrogens with zero attached hydrogens (tertiary/aromatic N) is 1. The number of carbonyl (C=O) groups excluding carboxylic acids is 1. The zero-order valence-corrected chi connectivity index (χ0v) is 19.0. The van der Waals surface area contributed by atoms with Crippen molar-refractivity contribution in [2.24, 2.45) is 0 Å². The molecular formula is C23H19ClN2O6S. The Bertz CT molecular complexity index is 1340. The molecule has 0 radical (unpaired) electrons. The zero-order chi connectivity index (χ0) is 23.2. The number of ether oxygens (including phenoxy) is 3. The van der Waals surface area contributed by atoms with E-state index >= 15 is 0 Å². The third-order valence-electron chi connectivity index (χ3n) is 5.33. The number of halogens is 1. The van der Waals surface area contributed by atoms with Crippen molar-refractivity contribution in [1.29, 1.82) is 0 Å². The van der Waals surface area contributed by atoms with Gasteiger partial charge in [0.15, 0.2) is 17.6 Å². The van der Waals surface area contributed by atoms with Gasteiger partial charge in [-0.3, -0.25) is 9.10 Å². The number of fused-ring (bicyclic) bond motifs is 2. The normalized spacial score (nSPS) is 16.7. The predicted octanol–water partition coefficient (Wildman–Crippen LogP) is 3.97. The van der Waals surface area contributed by atoms with Crippen LogP contribution >= 0.6 is 11.6 Å². The van der Waals surface area contributed by atoms with Crippen molar-refractivity contribution in [2.75, 3.05) is 23.0 Å². The highest BCUT2D eigenvalue weighted by molar-refractivity contribution is 7.92. The van der Waals surface area contributed by atoms with E-state index in [2.05, 4.69) is 5.32 Å². The number of rotatable bonds is 4. The van der Waals surface area contributed by atoms with E-state index in [4.69, 9.17) is 25.8 Å². The molecule has 0 unspecified atom stereocenters. The van der Waals surface area contributed by atoms with Gasteiger partial charge in [0.05, 0.1) is 17.1 Å². The van der Waals surface area contributed by atoms with E-state index in [1.165, 1.54) is 18.2 Å². The number of aryl methyl sites for hydroxylation is 1. The monoisotopic (exact) mass is 486 g/mol. The van der Waals surface area contributed by atoms with Gasteiger partial charge in [-0.2, -0.15) is 0 Å². The molecule has 8 nitrogen and oxygen atoms in total. The first-order valence-corrected chi connectivity index (χ1v) is 11.9. The Morgan fingerprint density at radius 3 is 2.52 bits per heavy atom. The van der Waals surface area contributed by atoms with E-state index in [0.717, 1.165) is 9.87 Å². The smallest absolute Gasteiger partial charge is 0.267 e. The van der Waals surface area contributed by atoms with E-state index in [-0.39, 0.29) is 29.7 Å². The Morgan fingerprint density at radius 2 is 1.73 bits per heavy atom. The molecule has 0 aliphatic carbocycles. The topological polar surface area (TPSA) is 94.2 Å². The summed E-state index contributed by atoms with van der Waals surface area (Å²) in [6.07, 6.45) is -1.09. The molecule has 2 aliphatic rings. The van der Waals surface area contributed by atoms with E-state index in [9.17, 15) is 13.2 Å². The lowest BCUT2D eigenvalue weighted by molar-refractivity contribution is -0.122. The summed E-state index contributed by atoms with van der Waals surface area (Å²) in [7, 11) is -3.98. The van der Waals surface area contributed by atoms with Crippen LogP contribution in [0.3, 0.4) is 0 Å². The van der Waals surface area contributed by atoms with Crippen LogP contribution in [0.15, 0.2) is 65.6 Å². The molecule has 5 rings (SSSR count). The van der Waals surface area contributed by atoms with Crippen LogP contribution in [0.5, 0.6) is 17.2 Å². The maximum atomic E-state index is 13.5. The van der Waals surface area contributed by atoms with Gasteiger partial charge in [-0.1, -0.05) is 29.3 Å². The van der Waals surface area contributed by atoms with Crippen LogP contribution in [0.2, 0.25) is 5.02 Å². The third-order valence-corrected chi connectivity index (χ3v) is 7.36. The predicted molar refractivity (Wildman–Crippen MR) is 123 cm³/mol. The average Bonchev–Trinajstić information content (AvgIpc) is 3.26. The lowest BCUT2D eigenvalue weighted by Gasteiger charge is -2.34. The second-order valence-electron chi connectivity index (χ2n) is 7.63. The number of sulfonamides is 1. The van der Waals surface area contributed by atoms with Gasteiger partial charge in [0, 0.05) is 16.8 Å². The van der Waals surface area contributed by atoms with Gasteiger partial charge in [0.2, 0.25) is 6.79 Å². The summed E-state index contributed by atoms with van der Waals surface area (Å²) in [6.45, 7) is 1.76. The zero-order valence-electron chi connectivity index (χ0n) is 17.4. The van der Waals surface area contributed by atoms with Gasteiger partial charge >= 0.3 is 0 Å². The summed E-state index contributed by atoms with van der Waals surface area (Å²) in [5.41, 5.74) is 1.68. The lowest BCUT2D eigenvalue weighted by atomic mass is 10.2. The highest BCUT2D eigenvalue weighted by atomic mass is 35.5. The van der Waals surface area contributed by atoms with Crippen molar-refractivity contribution in [3.63, 3.8) is 0 Å². The maximum Gasteiger partial charge on any atom is 0.267 e. The number of hydrogen-bond donors (Lipinski definition) is 1. The Hall–Kier alpha value is -3.43. The number of amides is 1. The fraction of sp³-hybridized carbons (Fsp3) is 0.174. The molecule has 0 aromatic heterocycles. The van der Waals surface area contributed by atoms with Crippen molar-refractivity contribution < 1.29 is 27.4 Å². The number of carbonyl (C=O) groups is 1. The van der Waals surface area contributed by atoms with Crippen molar-refractivity contribution in [3.05, 3.63) is 71.2 Å². The summed E-state index contributed by atoms with van der Waals surface area (Å²) < 4.78 is 44.6. The molecule has 1 amide bonds. The lowest BCUT2D eigenvalue weighted by Crippen LogP contribution is -2.48. The highest BCUT2D eigenvalue weighted by Gasteiger charge is 2.38. The molecule has 2 heterocycles. The molecule has 1 N–H and O–H groups in total. The molecule has 10 heteroatoms. The average molecular weight is 487 g/mol. The van der Waals surface area contributed by atoms with Crippen LogP contribution < -0.4 is 23.8 Å². The first-order chi connectivity index (χ1) is 15.8. The van der Waals surface area contributed by atoms with Gasteiger partial charge in [-0.25, -0.2) is 8.42 Å². The van der Waals surface area contributed by atoms with Gasteiger partial charge in [-0.15, -0.1) is 0 Å². The standard InChI is InChI=1S/C23H19ClN2O6S/c1-14-2-6-17(7-3-14)33(28,29)26-12-22(32-19-8-4-15(24)10-18(19)26)23(27)25-16-5-9-20-21(11-16)31-13-30-20/h2-11,22H,12-13H2,1H3,(H,25,27)/t22-/m1/s1. The molecular weight excluding hydrogens is 468 g/mol. The number of nitrogens with one attached hydrogen (secondary N) is 1. The van der Waals surface area contributed by atoms with Crippen LogP contribution in [-0.2, 0) is 14.8 Å². The van der Waals surface area contributed by atoms with Gasteiger partial charge < -0.3 is 19.5 Å². The summed E-state index contributed by atoms with van der Waals surface area (Å²) >= 11 is 6.13. The van der Waals surface area contributed by atoms with Crippen molar-refractivity contribution in [3.8, 4) is 17.2 Å². The largest absolute Gasteiger partial charge is 0.476 e. The fourth-order valence-electron chi connectivity index (χ4n) is 3.62. The third kappa shape index (κ3) is 4.05. The second kappa shape index (κ2) is 8.17. The summed E-state index contributed by atoms with van der Waals surface area (Å²) in [4.78, 5) is 13.1. The Balaban J connectivity index is 1.46. The summed E-state index contributed by atoms with van der Waals surface area (Å²) in [5, 5.41) is 3.11. The molecule has 2 aliphatic heterocycles. The fourth-order valence-corrected chi connectivity index (χ4v) is 5.26. The molecule has 1 atom stereocenters. The maximum absolute atomic E-state index is 13.5. The first kappa shape index (κ1) is 21.4. The highest BCUT2D eigenvalue weighted by Crippen LogP contribution is 2.39. The molecule has 0 fully saturated rings. The second-order valence-corrected chi connectivity index (χ2v) is 9.92. The van der Waals surface area contributed by atoms with E-state index in [1.807, 2.05) is 6.92 Å². The van der Waals surface area contributed by atoms with Crippen molar-refractivity contribution in [1.82, 2.24) is 0 Å². The molecule has 0 spiro atoms. The number of hydrogen-bond acceptors (Lipinski definition) is 6. The molecule has 3 aromatic rings. The van der Waals surface area contributed by atoms with Crippen LogP contribution in [0, 0.1) is 6.92 Å². The molecule has 0 saturated heterocycles. The van der Waals surface area contributed by atoms with E-state index in [1.54, 1.807) is 42.5 Å². The van der Waals surface area contributed by atoms with Gasteiger partial charge in [0.1, 0.15) is 5.75 Å². The summed E-state index contributed by atoms with van der Waals surface area (Å²) in [5.74, 6) is 0.842. The minimum absolute atomic E-state index is 0.107. The van der Waals surface area contributed by atoms with Gasteiger partial charge in [0.25, 0.3) is 15.9 Å².